The lowest BCUT2D eigenvalue weighted by Gasteiger charge is -2.13. The summed E-state index contributed by atoms with van der Waals surface area (Å²) in [5.41, 5.74) is -0.206. The number of carbonyl (C=O) groups is 1. The van der Waals surface area contributed by atoms with E-state index in [1.165, 1.54) is 23.0 Å². The van der Waals surface area contributed by atoms with E-state index >= 15 is 0 Å². The normalized spacial score (nSPS) is 12.6. The van der Waals surface area contributed by atoms with Crippen molar-refractivity contribution in [2.75, 3.05) is 5.32 Å². The number of hydrogen-bond donors (Lipinski definition) is 2. The van der Waals surface area contributed by atoms with Gasteiger partial charge in [-0.15, -0.1) is 0 Å². The predicted molar refractivity (Wildman–Crippen MR) is 115 cm³/mol. The standard InChI is InChI=1S/C21H16F3N5O2S/c1-12(18(30)26-14-7-5-6-13(10-14)21(22,23)24)32-20-27-17-16(19(31)28-20)11-25-29(17)15-8-3-2-4-9-15/h2-12H,1H3,(H,26,30)(H,27,28,31)/t12-/m1/s1. The number of H-pyrrole nitrogens is 1. The molecule has 0 saturated heterocycles. The summed E-state index contributed by atoms with van der Waals surface area (Å²) in [5, 5.41) is 6.41. The molecule has 4 rings (SSSR count). The molecule has 0 saturated carbocycles. The third kappa shape index (κ3) is 4.52. The molecular formula is C21H16F3N5O2S. The molecule has 0 fully saturated rings. The molecule has 1 atom stereocenters. The molecule has 7 nitrogen and oxygen atoms in total. The number of benzene rings is 2. The van der Waals surface area contributed by atoms with Crippen molar-refractivity contribution in [2.24, 2.45) is 0 Å². The van der Waals surface area contributed by atoms with Crippen LogP contribution in [-0.4, -0.2) is 30.9 Å². The SMILES string of the molecule is C[C@@H](Sc1nc2c(cnn2-c2ccccc2)c(=O)[nH]1)C(=O)Nc1cccc(C(F)(F)F)c1. The number of halogens is 3. The van der Waals surface area contributed by atoms with Gasteiger partial charge in [-0.1, -0.05) is 36.0 Å². The maximum atomic E-state index is 12.9. The molecule has 0 aliphatic carbocycles. The maximum absolute atomic E-state index is 12.9. The highest BCUT2D eigenvalue weighted by Crippen LogP contribution is 2.31. The number of carbonyl (C=O) groups excluding carboxylic acids is 1. The summed E-state index contributed by atoms with van der Waals surface area (Å²) in [5.74, 6) is -0.534. The van der Waals surface area contributed by atoms with Gasteiger partial charge in [0.15, 0.2) is 10.8 Å². The van der Waals surface area contributed by atoms with Crippen molar-refractivity contribution in [1.29, 1.82) is 0 Å². The lowest BCUT2D eigenvalue weighted by Crippen LogP contribution is -2.23. The van der Waals surface area contributed by atoms with Crippen LogP contribution in [0.4, 0.5) is 18.9 Å². The van der Waals surface area contributed by atoms with Crippen molar-refractivity contribution < 1.29 is 18.0 Å². The molecule has 11 heteroatoms. The first-order valence-corrected chi connectivity index (χ1v) is 10.3. The molecule has 0 aliphatic rings. The monoisotopic (exact) mass is 459 g/mol. The Balaban J connectivity index is 1.55. The van der Waals surface area contributed by atoms with Gasteiger partial charge in [-0.2, -0.15) is 18.3 Å². The van der Waals surface area contributed by atoms with Gasteiger partial charge < -0.3 is 10.3 Å². The van der Waals surface area contributed by atoms with E-state index in [2.05, 4.69) is 20.4 Å². The fraction of sp³-hybridized carbons (Fsp3) is 0.143. The summed E-state index contributed by atoms with van der Waals surface area (Å²) >= 11 is 0.975. The van der Waals surface area contributed by atoms with Crippen LogP contribution in [0.5, 0.6) is 0 Å². The highest BCUT2D eigenvalue weighted by molar-refractivity contribution is 8.00. The minimum atomic E-state index is -4.51. The highest BCUT2D eigenvalue weighted by Gasteiger charge is 2.30. The summed E-state index contributed by atoms with van der Waals surface area (Å²) in [6.45, 7) is 1.56. The topological polar surface area (TPSA) is 92.7 Å². The van der Waals surface area contributed by atoms with Gasteiger partial charge in [0, 0.05) is 5.69 Å². The van der Waals surface area contributed by atoms with E-state index in [0.29, 0.717) is 16.7 Å². The predicted octanol–water partition coefficient (Wildman–Crippen LogP) is 4.25. The Morgan fingerprint density at radius 3 is 2.62 bits per heavy atom. The second kappa shape index (κ2) is 8.50. The third-order valence-corrected chi connectivity index (χ3v) is 5.52. The van der Waals surface area contributed by atoms with Crippen molar-refractivity contribution in [1.82, 2.24) is 19.7 Å². The van der Waals surface area contributed by atoms with E-state index in [0.717, 1.165) is 23.9 Å². The summed E-state index contributed by atoms with van der Waals surface area (Å²) in [6, 6.07) is 13.5. The highest BCUT2D eigenvalue weighted by atomic mass is 32.2. The molecule has 32 heavy (non-hydrogen) atoms. The van der Waals surface area contributed by atoms with Crippen molar-refractivity contribution in [3.05, 3.63) is 76.7 Å². The van der Waals surface area contributed by atoms with Gasteiger partial charge in [-0.3, -0.25) is 9.59 Å². The molecule has 2 aromatic heterocycles. The summed E-state index contributed by atoms with van der Waals surface area (Å²) in [6.07, 6.45) is -3.10. The van der Waals surface area contributed by atoms with Crippen molar-refractivity contribution in [2.45, 2.75) is 23.5 Å². The Morgan fingerprint density at radius 2 is 1.91 bits per heavy atom. The van der Waals surface area contributed by atoms with Crippen molar-refractivity contribution in [3.63, 3.8) is 0 Å². The van der Waals surface area contributed by atoms with Crippen LogP contribution in [0.2, 0.25) is 0 Å². The number of nitrogens with zero attached hydrogens (tertiary/aromatic N) is 3. The van der Waals surface area contributed by atoms with E-state index in [-0.39, 0.29) is 10.8 Å². The van der Waals surface area contributed by atoms with Crippen LogP contribution < -0.4 is 10.9 Å². The average Bonchev–Trinajstić information content (AvgIpc) is 3.18. The van der Waals surface area contributed by atoms with E-state index < -0.39 is 28.5 Å². The van der Waals surface area contributed by atoms with Crippen molar-refractivity contribution >= 4 is 34.4 Å². The van der Waals surface area contributed by atoms with Crippen LogP contribution in [-0.2, 0) is 11.0 Å². The van der Waals surface area contributed by atoms with Gasteiger partial charge in [-0.25, -0.2) is 9.67 Å². The van der Waals surface area contributed by atoms with Gasteiger partial charge in [0.05, 0.1) is 22.7 Å². The minimum Gasteiger partial charge on any atom is -0.325 e. The molecule has 2 aromatic carbocycles. The number of alkyl halides is 3. The zero-order chi connectivity index (χ0) is 22.9. The first-order valence-electron chi connectivity index (χ1n) is 9.40. The van der Waals surface area contributed by atoms with Gasteiger partial charge >= 0.3 is 6.18 Å². The molecule has 2 heterocycles. The summed E-state index contributed by atoms with van der Waals surface area (Å²) in [7, 11) is 0. The Hall–Kier alpha value is -3.60. The lowest BCUT2D eigenvalue weighted by molar-refractivity contribution is -0.137. The van der Waals surface area contributed by atoms with Gasteiger partial charge in [-0.05, 0) is 37.3 Å². The van der Waals surface area contributed by atoms with Crippen molar-refractivity contribution in [3.8, 4) is 5.69 Å². The van der Waals surface area contributed by atoms with Gasteiger partial charge in [0.25, 0.3) is 5.56 Å². The molecule has 4 aromatic rings. The van der Waals surface area contributed by atoms with Crippen LogP contribution in [0.15, 0.2) is 70.7 Å². The average molecular weight is 459 g/mol. The molecule has 0 bridgehead atoms. The Kier molecular flexibility index (Phi) is 5.74. The lowest BCUT2D eigenvalue weighted by atomic mass is 10.2. The maximum Gasteiger partial charge on any atom is 0.416 e. The number of anilines is 1. The van der Waals surface area contributed by atoms with Gasteiger partial charge in [0.2, 0.25) is 5.91 Å². The first kappa shape index (κ1) is 21.6. The molecular weight excluding hydrogens is 443 g/mol. The fourth-order valence-corrected chi connectivity index (χ4v) is 3.74. The fourth-order valence-electron chi connectivity index (χ4n) is 2.95. The number of hydrogen-bond acceptors (Lipinski definition) is 5. The molecule has 1 amide bonds. The van der Waals surface area contributed by atoms with Crippen LogP contribution in [0.3, 0.4) is 0 Å². The Labute approximate surface area is 183 Å². The number of nitrogens with one attached hydrogen (secondary N) is 2. The zero-order valence-corrected chi connectivity index (χ0v) is 17.4. The molecule has 0 unspecified atom stereocenters. The Bertz CT molecular complexity index is 1330. The summed E-state index contributed by atoms with van der Waals surface area (Å²) in [4.78, 5) is 32.0. The quantitative estimate of drug-likeness (QED) is 0.344. The molecule has 0 spiro atoms. The second-order valence-electron chi connectivity index (χ2n) is 6.83. The number of fused-ring (bicyclic) bond motifs is 1. The third-order valence-electron chi connectivity index (χ3n) is 4.53. The van der Waals surface area contributed by atoms with Crippen LogP contribution in [0.25, 0.3) is 16.7 Å². The molecule has 2 N–H and O–H groups in total. The largest absolute Gasteiger partial charge is 0.416 e. The van der Waals surface area contributed by atoms with E-state index in [1.807, 2.05) is 30.3 Å². The minimum absolute atomic E-state index is 0.0244. The van der Waals surface area contributed by atoms with Crippen LogP contribution in [0, 0.1) is 0 Å². The summed E-state index contributed by atoms with van der Waals surface area (Å²) < 4.78 is 40.2. The Morgan fingerprint density at radius 1 is 1.16 bits per heavy atom. The first-order chi connectivity index (χ1) is 15.2. The number of aromatic amines is 1. The smallest absolute Gasteiger partial charge is 0.325 e. The number of para-hydroxylation sites is 1. The number of thioether (sulfide) groups is 1. The van der Waals surface area contributed by atoms with E-state index in [4.69, 9.17) is 0 Å². The number of rotatable bonds is 5. The van der Waals surface area contributed by atoms with Crippen LogP contribution >= 0.6 is 11.8 Å². The molecule has 0 aliphatic heterocycles. The zero-order valence-electron chi connectivity index (χ0n) is 16.6. The molecule has 0 radical (unpaired) electrons. The second-order valence-corrected chi connectivity index (χ2v) is 8.16. The van der Waals surface area contributed by atoms with Gasteiger partial charge in [0.1, 0.15) is 5.39 Å². The molecule has 164 valence electrons. The number of aromatic nitrogens is 4. The van der Waals surface area contributed by atoms with Crippen LogP contribution in [0.1, 0.15) is 12.5 Å². The number of amides is 1. The van der Waals surface area contributed by atoms with E-state index in [1.54, 1.807) is 6.92 Å². The van der Waals surface area contributed by atoms with E-state index in [9.17, 15) is 22.8 Å².